The molecule has 2 rings (SSSR count). The summed E-state index contributed by atoms with van der Waals surface area (Å²) >= 11 is -1.66. The van der Waals surface area contributed by atoms with E-state index in [0.29, 0.717) is 0 Å². The summed E-state index contributed by atoms with van der Waals surface area (Å²) in [7, 11) is 0.189. The molecule has 2 aromatic carbocycles. The van der Waals surface area contributed by atoms with E-state index in [1.165, 1.54) is 9.79 Å². The summed E-state index contributed by atoms with van der Waals surface area (Å²) in [5.41, 5.74) is 0. The van der Waals surface area contributed by atoms with Crippen LogP contribution in [-0.4, -0.2) is 19.5 Å². The van der Waals surface area contributed by atoms with Crippen molar-refractivity contribution in [3.63, 3.8) is 0 Å². The van der Waals surface area contributed by atoms with Crippen molar-refractivity contribution in [1.82, 2.24) is 0 Å². The van der Waals surface area contributed by atoms with Crippen LogP contribution in [0.3, 0.4) is 0 Å². The second kappa shape index (κ2) is 5.54. The Balaban J connectivity index is 2.25. The van der Waals surface area contributed by atoms with E-state index in [1.807, 2.05) is 0 Å². The Kier molecular flexibility index (Phi) is 4.23. The van der Waals surface area contributed by atoms with Gasteiger partial charge in [-0.2, -0.15) is 0 Å². The van der Waals surface area contributed by atoms with E-state index in [9.17, 15) is 0 Å². The molecule has 0 heterocycles. The molecule has 0 aliphatic carbocycles. The molecule has 18 heavy (non-hydrogen) atoms. The molecule has 0 bridgehead atoms. The third-order valence-electron chi connectivity index (χ3n) is 3.17. The van der Waals surface area contributed by atoms with Gasteiger partial charge in [-0.15, -0.1) is 0 Å². The minimum absolute atomic E-state index is 0.189. The van der Waals surface area contributed by atoms with E-state index in [-0.39, 0.29) is 10.9 Å². The number of rotatable bonds is 3. The maximum absolute atomic E-state index is 2.44. The third kappa shape index (κ3) is 3.21. The number of benzene rings is 2. The second-order valence-electron chi connectivity index (χ2n) is 5.60. The molecule has 0 radical (unpaired) electrons. The normalized spacial score (nSPS) is 13.3. The van der Waals surface area contributed by atoms with Gasteiger partial charge in [-0.05, 0) is 0 Å². The summed E-state index contributed by atoms with van der Waals surface area (Å²) in [5, 5.41) is 0. The van der Waals surface area contributed by atoms with Crippen LogP contribution in [0.1, 0.15) is 0 Å². The molecular formula is C16H21GeS+. The second-order valence-corrected chi connectivity index (χ2v) is 18.2. The summed E-state index contributed by atoms with van der Waals surface area (Å²) in [6.07, 6.45) is 2.31. The molecule has 0 nitrogen and oxygen atoms in total. The van der Waals surface area contributed by atoms with Crippen LogP contribution in [0.25, 0.3) is 0 Å². The molecule has 0 spiro atoms. The molecule has 0 saturated carbocycles. The molecule has 2 heteroatoms. The molecular weight excluding hydrogens is 297 g/mol. The Hall–Kier alpha value is -0.667. The summed E-state index contributed by atoms with van der Waals surface area (Å²) in [4.78, 5) is 2.86. The fourth-order valence-corrected chi connectivity index (χ4v) is 5.75. The predicted molar refractivity (Wildman–Crippen MR) is 85.7 cm³/mol. The molecule has 0 aromatic heterocycles. The van der Waals surface area contributed by atoms with Gasteiger partial charge in [-0.1, -0.05) is 0 Å². The molecule has 0 N–H and O–H groups in total. The molecule has 0 aliphatic rings. The van der Waals surface area contributed by atoms with E-state index in [0.717, 1.165) is 0 Å². The maximum atomic E-state index is 2.44. The van der Waals surface area contributed by atoms with Crippen LogP contribution >= 0.6 is 0 Å². The van der Waals surface area contributed by atoms with Gasteiger partial charge in [0.1, 0.15) is 0 Å². The van der Waals surface area contributed by atoms with Gasteiger partial charge < -0.3 is 0 Å². The average molecular weight is 318 g/mol. The molecule has 0 aliphatic heterocycles. The van der Waals surface area contributed by atoms with E-state index in [1.54, 1.807) is 4.40 Å². The third-order valence-corrected chi connectivity index (χ3v) is 9.46. The first-order valence-corrected chi connectivity index (χ1v) is 15.3. The molecule has 0 fully saturated rings. The van der Waals surface area contributed by atoms with Crippen molar-refractivity contribution in [1.29, 1.82) is 0 Å². The topological polar surface area (TPSA) is 0 Å². The molecule has 0 saturated heterocycles. The fourth-order valence-electron chi connectivity index (χ4n) is 1.92. The zero-order valence-electron chi connectivity index (χ0n) is 11.6. The molecule has 1 atom stereocenters. The average Bonchev–Trinajstić information content (AvgIpc) is 2.38. The minimum atomic E-state index is -1.66. The van der Waals surface area contributed by atoms with Crippen LogP contribution in [-0.2, 0) is 10.9 Å². The Morgan fingerprint density at radius 2 is 1.22 bits per heavy atom. The van der Waals surface area contributed by atoms with Crippen LogP contribution in [0, 0.1) is 0 Å². The number of hydrogen-bond acceptors (Lipinski definition) is 0. The van der Waals surface area contributed by atoms with Crippen LogP contribution < -0.4 is 4.40 Å². The Morgan fingerprint density at radius 3 is 1.72 bits per heavy atom. The van der Waals surface area contributed by atoms with Gasteiger partial charge in [0.2, 0.25) is 0 Å². The van der Waals surface area contributed by atoms with Gasteiger partial charge >= 0.3 is 116 Å². The van der Waals surface area contributed by atoms with Crippen molar-refractivity contribution in [3.05, 3.63) is 54.6 Å². The van der Waals surface area contributed by atoms with E-state index in [4.69, 9.17) is 0 Å². The molecule has 2 aromatic rings. The molecule has 94 valence electrons. The van der Waals surface area contributed by atoms with E-state index in [2.05, 4.69) is 78.1 Å². The molecule has 1 unspecified atom stereocenters. The first-order chi connectivity index (χ1) is 8.48. The van der Waals surface area contributed by atoms with Crippen molar-refractivity contribution < 1.29 is 0 Å². The zero-order valence-corrected chi connectivity index (χ0v) is 14.5. The first-order valence-electron chi connectivity index (χ1n) is 6.30. The van der Waals surface area contributed by atoms with Gasteiger partial charge in [0.05, 0.1) is 0 Å². The van der Waals surface area contributed by atoms with Crippen LogP contribution in [0.2, 0.25) is 17.3 Å². The predicted octanol–water partition coefficient (Wildman–Crippen LogP) is 3.90. The van der Waals surface area contributed by atoms with Crippen molar-refractivity contribution in [2.24, 2.45) is 0 Å². The van der Waals surface area contributed by atoms with Crippen molar-refractivity contribution in [2.75, 3.05) is 6.26 Å². The monoisotopic (exact) mass is 319 g/mol. The summed E-state index contributed by atoms with van der Waals surface area (Å²) in [5.74, 6) is 7.33. The SMILES string of the molecule is C[S+](c1ccccc1)c1cc[c]([Ge]([CH3])([CH3])[CH3])cc1. The van der Waals surface area contributed by atoms with Gasteiger partial charge in [0.15, 0.2) is 0 Å². The summed E-state index contributed by atoms with van der Waals surface area (Å²) in [6, 6.07) is 20.1. The zero-order chi connectivity index (χ0) is 13.2. The van der Waals surface area contributed by atoms with Crippen LogP contribution in [0.4, 0.5) is 0 Å². The Morgan fingerprint density at radius 1 is 0.722 bits per heavy atom. The van der Waals surface area contributed by atoms with Crippen LogP contribution in [0.15, 0.2) is 64.4 Å². The van der Waals surface area contributed by atoms with Crippen LogP contribution in [0.5, 0.6) is 0 Å². The van der Waals surface area contributed by atoms with E-state index < -0.39 is 13.3 Å². The number of hydrogen-bond donors (Lipinski definition) is 0. The standard InChI is InChI=1S/C16H21GeS/c1-17(2,3)14-10-12-16(13-11-14)18(4)15-8-6-5-7-9-15/h5-13H,1-4H3/q+1. The fraction of sp³-hybridized carbons (Fsp3) is 0.250. The van der Waals surface area contributed by atoms with Crippen molar-refractivity contribution in [3.8, 4) is 0 Å². The summed E-state index contributed by atoms with van der Waals surface area (Å²) in [6.45, 7) is 0. The van der Waals surface area contributed by atoms with Gasteiger partial charge in [-0.3, -0.25) is 0 Å². The Bertz CT molecular complexity index is 497. The quantitative estimate of drug-likeness (QED) is 0.595. The summed E-state index contributed by atoms with van der Waals surface area (Å²) < 4.78 is 1.59. The first kappa shape index (κ1) is 13.8. The van der Waals surface area contributed by atoms with Gasteiger partial charge in [0, 0.05) is 0 Å². The van der Waals surface area contributed by atoms with Gasteiger partial charge in [-0.25, -0.2) is 0 Å². The van der Waals surface area contributed by atoms with Crippen molar-refractivity contribution in [2.45, 2.75) is 27.1 Å². The van der Waals surface area contributed by atoms with Crippen molar-refractivity contribution >= 4 is 28.6 Å². The van der Waals surface area contributed by atoms with Gasteiger partial charge in [0.25, 0.3) is 0 Å². The molecule has 0 amide bonds. The Labute approximate surface area is 116 Å². The van der Waals surface area contributed by atoms with E-state index >= 15 is 0 Å².